The number of methoxy groups -OCH3 is 1. The van der Waals surface area contributed by atoms with Gasteiger partial charge in [-0.2, -0.15) is 5.10 Å². The molecule has 3 aromatic rings. The Morgan fingerprint density at radius 1 is 1.06 bits per heavy atom. The lowest BCUT2D eigenvalue weighted by molar-refractivity contribution is -0.120. The summed E-state index contributed by atoms with van der Waals surface area (Å²) in [5, 5.41) is 10.9. The zero-order valence-electron chi connectivity index (χ0n) is 20.0. The quantitative estimate of drug-likeness (QED) is 0.459. The number of amides is 1. The van der Waals surface area contributed by atoms with Gasteiger partial charge in [0.15, 0.2) is 0 Å². The molecule has 0 atom stereocenters. The van der Waals surface area contributed by atoms with E-state index in [0.717, 1.165) is 62.3 Å². The molecule has 2 heterocycles. The first kappa shape index (κ1) is 23.8. The van der Waals surface area contributed by atoms with Crippen LogP contribution in [-0.2, 0) is 24.2 Å². The molecule has 0 spiro atoms. The zero-order valence-corrected chi connectivity index (χ0v) is 20.0. The zero-order chi connectivity index (χ0) is 23.6. The molecule has 1 aliphatic heterocycles. The Kier molecular flexibility index (Phi) is 8.57. The Morgan fingerprint density at radius 2 is 1.85 bits per heavy atom. The Labute approximate surface area is 202 Å². The smallest absolute Gasteiger partial charge is 0.224 e. The summed E-state index contributed by atoms with van der Waals surface area (Å²) in [5.41, 5.74) is 3.37. The van der Waals surface area contributed by atoms with Crippen molar-refractivity contribution in [3.8, 4) is 5.75 Å². The van der Waals surface area contributed by atoms with E-state index >= 15 is 0 Å². The normalized spacial score (nSPS) is 14.2. The summed E-state index contributed by atoms with van der Waals surface area (Å²) in [5.74, 6) is 0.908. The van der Waals surface area contributed by atoms with Crippen molar-refractivity contribution < 1.29 is 9.53 Å². The molecule has 1 aliphatic rings. The fraction of sp³-hybridized carbons (Fsp3) is 0.407. The second-order valence-corrected chi connectivity index (χ2v) is 8.74. The van der Waals surface area contributed by atoms with Gasteiger partial charge in [-0.25, -0.2) is 0 Å². The Balaban J connectivity index is 1.16. The molecule has 7 heteroatoms. The van der Waals surface area contributed by atoms with Crippen LogP contribution in [-0.4, -0.2) is 55.0 Å². The minimum Gasteiger partial charge on any atom is -0.496 e. The lowest BCUT2D eigenvalue weighted by atomic mass is 10.0. The number of carbonyl (C=O) groups excluding carboxylic acids is 1. The molecule has 180 valence electrons. The minimum atomic E-state index is 0.0460. The number of carbonyl (C=O) groups is 1. The number of aromatic nitrogens is 2. The SMILES string of the molecule is COc1ccccc1CCNC(=O)Cc1ccc(N2CCC(NCCn3cccn3)CC2)cc1. The summed E-state index contributed by atoms with van der Waals surface area (Å²) in [6, 6.07) is 18.9. The van der Waals surface area contributed by atoms with Gasteiger partial charge in [0.1, 0.15) is 5.75 Å². The lowest BCUT2D eigenvalue weighted by Gasteiger charge is -2.34. The molecule has 1 amide bonds. The highest BCUT2D eigenvalue weighted by Gasteiger charge is 2.19. The summed E-state index contributed by atoms with van der Waals surface area (Å²) < 4.78 is 7.34. The molecule has 1 fully saturated rings. The second kappa shape index (κ2) is 12.2. The standard InChI is InChI=1S/C27H35N5O2/c1-34-26-6-3-2-5-23(26)11-15-29-27(33)21-22-7-9-25(10-8-22)31-18-12-24(13-19-31)28-16-20-32-17-4-14-30-32/h2-10,14,17,24,28H,11-13,15-16,18-21H2,1H3,(H,29,33). The summed E-state index contributed by atoms with van der Waals surface area (Å²) in [6.45, 7) is 4.54. The molecule has 34 heavy (non-hydrogen) atoms. The molecular weight excluding hydrogens is 426 g/mol. The van der Waals surface area contributed by atoms with Crippen molar-refractivity contribution >= 4 is 11.6 Å². The van der Waals surface area contributed by atoms with E-state index in [4.69, 9.17) is 4.74 Å². The third-order valence-corrected chi connectivity index (χ3v) is 6.40. The number of rotatable bonds is 11. The third-order valence-electron chi connectivity index (χ3n) is 6.40. The van der Waals surface area contributed by atoms with Gasteiger partial charge in [0.25, 0.3) is 0 Å². The number of benzene rings is 2. The van der Waals surface area contributed by atoms with Gasteiger partial charge >= 0.3 is 0 Å². The molecule has 2 aromatic carbocycles. The molecule has 1 saturated heterocycles. The largest absolute Gasteiger partial charge is 0.496 e. The van der Waals surface area contributed by atoms with E-state index in [-0.39, 0.29) is 5.91 Å². The predicted octanol–water partition coefficient (Wildman–Crippen LogP) is 3.05. The Bertz CT molecular complexity index is 1010. The number of anilines is 1. The maximum Gasteiger partial charge on any atom is 0.224 e. The van der Waals surface area contributed by atoms with Gasteiger partial charge < -0.3 is 20.3 Å². The van der Waals surface area contributed by atoms with Crippen molar-refractivity contribution in [2.45, 2.75) is 38.3 Å². The number of nitrogens with zero attached hydrogens (tertiary/aromatic N) is 3. The maximum atomic E-state index is 12.4. The molecular formula is C27H35N5O2. The predicted molar refractivity (Wildman–Crippen MR) is 135 cm³/mol. The van der Waals surface area contributed by atoms with Crippen molar-refractivity contribution in [3.05, 3.63) is 78.1 Å². The molecule has 0 unspecified atom stereocenters. The second-order valence-electron chi connectivity index (χ2n) is 8.74. The van der Waals surface area contributed by atoms with Gasteiger partial charge in [-0.05, 0) is 54.7 Å². The first-order valence-electron chi connectivity index (χ1n) is 12.1. The van der Waals surface area contributed by atoms with Gasteiger partial charge in [-0.1, -0.05) is 30.3 Å². The van der Waals surface area contributed by atoms with Crippen molar-refractivity contribution in [2.75, 3.05) is 38.2 Å². The van der Waals surface area contributed by atoms with Crippen LogP contribution in [0.5, 0.6) is 5.75 Å². The van der Waals surface area contributed by atoms with Gasteiger partial charge in [0.2, 0.25) is 5.91 Å². The fourth-order valence-electron chi connectivity index (χ4n) is 4.48. The first-order chi connectivity index (χ1) is 16.7. The number of para-hydroxylation sites is 1. The van der Waals surface area contributed by atoms with Crippen LogP contribution in [0.1, 0.15) is 24.0 Å². The summed E-state index contributed by atoms with van der Waals surface area (Å²) in [7, 11) is 1.67. The highest BCUT2D eigenvalue weighted by Crippen LogP contribution is 2.21. The van der Waals surface area contributed by atoms with Crippen LogP contribution >= 0.6 is 0 Å². The summed E-state index contributed by atoms with van der Waals surface area (Å²) >= 11 is 0. The van der Waals surface area contributed by atoms with Gasteiger partial charge in [-0.3, -0.25) is 9.48 Å². The molecule has 0 bridgehead atoms. The van der Waals surface area contributed by atoms with E-state index in [1.54, 1.807) is 7.11 Å². The monoisotopic (exact) mass is 461 g/mol. The van der Waals surface area contributed by atoms with E-state index in [0.29, 0.717) is 19.0 Å². The summed E-state index contributed by atoms with van der Waals surface area (Å²) in [4.78, 5) is 14.8. The van der Waals surface area contributed by atoms with Crippen LogP contribution in [0.4, 0.5) is 5.69 Å². The first-order valence-corrected chi connectivity index (χ1v) is 12.1. The lowest BCUT2D eigenvalue weighted by Crippen LogP contribution is -2.43. The van der Waals surface area contributed by atoms with Crippen molar-refractivity contribution in [3.63, 3.8) is 0 Å². The minimum absolute atomic E-state index is 0.0460. The van der Waals surface area contributed by atoms with Gasteiger partial charge in [0, 0.05) is 50.3 Å². The average Bonchev–Trinajstić information content (AvgIpc) is 3.39. The summed E-state index contributed by atoms with van der Waals surface area (Å²) in [6.07, 6.45) is 7.24. The molecule has 1 aromatic heterocycles. The highest BCUT2D eigenvalue weighted by atomic mass is 16.5. The Morgan fingerprint density at radius 3 is 2.59 bits per heavy atom. The molecule has 0 radical (unpaired) electrons. The van der Waals surface area contributed by atoms with E-state index in [1.807, 2.05) is 47.4 Å². The van der Waals surface area contributed by atoms with E-state index in [2.05, 4.69) is 44.9 Å². The van der Waals surface area contributed by atoms with Crippen LogP contribution in [0, 0.1) is 0 Å². The van der Waals surface area contributed by atoms with Crippen LogP contribution in [0.2, 0.25) is 0 Å². The van der Waals surface area contributed by atoms with E-state index in [1.165, 1.54) is 5.69 Å². The van der Waals surface area contributed by atoms with Crippen molar-refractivity contribution in [2.24, 2.45) is 0 Å². The number of piperidine rings is 1. The van der Waals surface area contributed by atoms with Crippen molar-refractivity contribution in [1.82, 2.24) is 20.4 Å². The molecule has 4 rings (SSSR count). The molecule has 2 N–H and O–H groups in total. The van der Waals surface area contributed by atoms with E-state index in [9.17, 15) is 4.79 Å². The topological polar surface area (TPSA) is 71.4 Å². The van der Waals surface area contributed by atoms with Crippen LogP contribution in [0.25, 0.3) is 0 Å². The van der Waals surface area contributed by atoms with Crippen molar-refractivity contribution in [1.29, 1.82) is 0 Å². The van der Waals surface area contributed by atoms with Gasteiger partial charge in [-0.15, -0.1) is 0 Å². The Hall–Kier alpha value is -3.32. The van der Waals surface area contributed by atoms with E-state index < -0.39 is 0 Å². The number of nitrogens with one attached hydrogen (secondary N) is 2. The van der Waals surface area contributed by atoms with Crippen LogP contribution in [0.15, 0.2) is 67.0 Å². The molecule has 7 nitrogen and oxygen atoms in total. The highest BCUT2D eigenvalue weighted by molar-refractivity contribution is 5.78. The fourth-order valence-corrected chi connectivity index (χ4v) is 4.48. The number of hydrogen-bond acceptors (Lipinski definition) is 5. The van der Waals surface area contributed by atoms with Gasteiger partial charge in [0.05, 0.1) is 20.1 Å². The van der Waals surface area contributed by atoms with Crippen LogP contribution in [0.3, 0.4) is 0 Å². The van der Waals surface area contributed by atoms with Crippen LogP contribution < -0.4 is 20.3 Å². The molecule has 0 saturated carbocycles. The molecule has 0 aliphatic carbocycles. The average molecular weight is 462 g/mol. The third kappa shape index (κ3) is 6.84. The number of ether oxygens (including phenoxy) is 1. The number of hydrogen-bond donors (Lipinski definition) is 2. The maximum absolute atomic E-state index is 12.4.